The van der Waals surface area contributed by atoms with Crippen LogP contribution in [-0.4, -0.2) is 22.8 Å². The van der Waals surface area contributed by atoms with Crippen LogP contribution in [-0.2, 0) is 0 Å². The fourth-order valence-electron chi connectivity index (χ4n) is 3.00. The molecule has 0 aliphatic carbocycles. The van der Waals surface area contributed by atoms with Crippen molar-refractivity contribution < 1.29 is 4.74 Å². The van der Waals surface area contributed by atoms with Gasteiger partial charge in [0.05, 0.1) is 24.0 Å². The molecule has 1 N–H and O–H groups in total. The van der Waals surface area contributed by atoms with Crippen LogP contribution < -0.4 is 10.2 Å². The normalized spacial score (nSPS) is 11.1. The Bertz CT molecular complexity index is 1160. The summed E-state index contributed by atoms with van der Waals surface area (Å²) >= 11 is 6.20. The maximum absolute atomic E-state index is 6.20. The number of anilines is 1. The molecule has 0 unspecified atom stereocenters. The predicted octanol–water partition coefficient (Wildman–Crippen LogP) is 5.79. The second-order valence-electron chi connectivity index (χ2n) is 6.26. The van der Waals surface area contributed by atoms with Crippen LogP contribution in [0.1, 0.15) is 12.5 Å². The first-order valence-electron chi connectivity index (χ1n) is 9.28. The van der Waals surface area contributed by atoms with E-state index in [9.17, 15) is 0 Å². The number of hydrogen-bond acceptors (Lipinski definition) is 5. The van der Waals surface area contributed by atoms with Crippen molar-refractivity contribution in [2.45, 2.75) is 6.92 Å². The Hall–Kier alpha value is -3.44. The molecule has 6 heteroatoms. The van der Waals surface area contributed by atoms with Crippen LogP contribution in [0.25, 0.3) is 22.2 Å². The lowest BCUT2D eigenvalue weighted by molar-refractivity contribution is 0.340. The van der Waals surface area contributed by atoms with Gasteiger partial charge in [-0.15, -0.1) is 0 Å². The van der Waals surface area contributed by atoms with Crippen LogP contribution in [0.2, 0.25) is 5.02 Å². The first-order chi connectivity index (χ1) is 14.2. The summed E-state index contributed by atoms with van der Waals surface area (Å²) in [5.74, 6) is 1.18. The van der Waals surface area contributed by atoms with Crippen LogP contribution >= 0.6 is 11.6 Å². The molecule has 0 aliphatic rings. The molecular weight excluding hydrogens is 384 g/mol. The molecule has 4 aromatic rings. The number of hydrogen-bond donors (Lipinski definition) is 1. The van der Waals surface area contributed by atoms with E-state index in [1.54, 1.807) is 6.21 Å². The van der Waals surface area contributed by atoms with Crippen LogP contribution in [0.4, 0.5) is 5.95 Å². The van der Waals surface area contributed by atoms with E-state index in [1.165, 1.54) is 0 Å². The average Bonchev–Trinajstić information content (AvgIpc) is 2.75. The summed E-state index contributed by atoms with van der Waals surface area (Å²) in [5, 5.41) is 5.84. The molecule has 3 aromatic carbocycles. The molecule has 0 bridgehead atoms. The predicted molar refractivity (Wildman–Crippen MR) is 119 cm³/mol. The Morgan fingerprint density at radius 1 is 1.00 bits per heavy atom. The van der Waals surface area contributed by atoms with Crippen LogP contribution in [0.3, 0.4) is 0 Å². The summed E-state index contributed by atoms with van der Waals surface area (Å²) < 4.78 is 5.62. The van der Waals surface area contributed by atoms with Crippen molar-refractivity contribution in [3.8, 4) is 17.0 Å². The Kier molecular flexibility index (Phi) is 5.68. The number of hydrazone groups is 1. The molecular formula is C23H19ClN4O. The molecule has 0 atom stereocenters. The highest BCUT2D eigenvalue weighted by Crippen LogP contribution is 2.29. The fraction of sp³-hybridized carbons (Fsp3) is 0.0870. The number of para-hydroxylation sites is 1. The van der Waals surface area contributed by atoms with Gasteiger partial charge in [0.15, 0.2) is 0 Å². The zero-order valence-electron chi connectivity index (χ0n) is 15.8. The van der Waals surface area contributed by atoms with Crippen molar-refractivity contribution in [2.24, 2.45) is 5.10 Å². The number of benzene rings is 3. The Morgan fingerprint density at radius 2 is 1.79 bits per heavy atom. The molecule has 29 heavy (non-hydrogen) atoms. The monoisotopic (exact) mass is 402 g/mol. The third kappa shape index (κ3) is 4.36. The quantitative estimate of drug-likeness (QED) is 0.327. The van der Waals surface area contributed by atoms with Crippen LogP contribution in [0, 0.1) is 0 Å². The molecule has 0 radical (unpaired) electrons. The number of fused-ring (bicyclic) bond motifs is 1. The summed E-state index contributed by atoms with van der Waals surface area (Å²) in [7, 11) is 0. The maximum Gasteiger partial charge on any atom is 0.244 e. The van der Waals surface area contributed by atoms with Crippen molar-refractivity contribution in [1.29, 1.82) is 0 Å². The molecule has 1 heterocycles. The van der Waals surface area contributed by atoms with E-state index in [0.717, 1.165) is 33.5 Å². The first-order valence-corrected chi connectivity index (χ1v) is 9.66. The largest absolute Gasteiger partial charge is 0.493 e. The van der Waals surface area contributed by atoms with Crippen molar-refractivity contribution in [2.75, 3.05) is 12.0 Å². The van der Waals surface area contributed by atoms with Crippen LogP contribution in [0.5, 0.6) is 5.75 Å². The number of ether oxygens (including phenoxy) is 1. The molecule has 0 fully saturated rings. The van der Waals surface area contributed by atoms with Gasteiger partial charge in [-0.2, -0.15) is 5.10 Å². The Morgan fingerprint density at radius 3 is 2.62 bits per heavy atom. The topological polar surface area (TPSA) is 59.4 Å². The third-order valence-corrected chi connectivity index (χ3v) is 4.53. The number of aromatic nitrogens is 2. The minimum absolute atomic E-state index is 0.406. The van der Waals surface area contributed by atoms with E-state index in [2.05, 4.69) is 20.5 Å². The van der Waals surface area contributed by atoms with E-state index in [1.807, 2.05) is 79.7 Å². The summed E-state index contributed by atoms with van der Waals surface area (Å²) in [6, 6.07) is 23.2. The molecule has 1 aromatic heterocycles. The van der Waals surface area contributed by atoms with E-state index in [4.69, 9.17) is 16.3 Å². The highest BCUT2D eigenvalue weighted by molar-refractivity contribution is 6.31. The molecule has 0 spiro atoms. The SMILES string of the molecule is CCOc1ccccc1C=NNc1nc(-c2ccccc2)c2cc(Cl)ccc2n1. The van der Waals surface area contributed by atoms with E-state index in [0.29, 0.717) is 17.6 Å². The molecule has 144 valence electrons. The van der Waals surface area contributed by atoms with Crippen molar-refractivity contribution in [3.05, 3.63) is 83.4 Å². The van der Waals surface area contributed by atoms with Gasteiger partial charge in [-0.3, -0.25) is 0 Å². The molecule has 0 saturated heterocycles. The standard InChI is InChI=1S/C23H19ClN4O/c1-2-29-21-11-7-6-10-17(21)15-25-28-23-26-20-13-12-18(24)14-19(20)22(27-23)16-8-4-3-5-9-16/h3-15H,2H2,1H3,(H,26,27,28). The summed E-state index contributed by atoms with van der Waals surface area (Å²) in [6.45, 7) is 2.54. The fourth-order valence-corrected chi connectivity index (χ4v) is 3.17. The second kappa shape index (κ2) is 8.71. The highest BCUT2D eigenvalue weighted by Gasteiger charge is 2.10. The smallest absolute Gasteiger partial charge is 0.244 e. The number of rotatable bonds is 6. The van der Waals surface area contributed by atoms with Gasteiger partial charge in [0.1, 0.15) is 5.75 Å². The lowest BCUT2D eigenvalue weighted by atomic mass is 10.1. The van der Waals surface area contributed by atoms with Gasteiger partial charge in [-0.1, -0.05) is 54.1 Å². The van der Waals surface area contributed by atoms with Gasteiger partial charge in [-0.05, 0) is 37.3 Å². The zero-order chi connectivity index (χ0) is 20.1. The molecule has 0 amide bonds. The van der Waals surface area contributed by atoms with E-state index in [-0.39, 0.29) is 0 Å². The van der Waals surface area contributed by atoms with Gasteiger partial charge >= 0.3 is 0 Å². The third-order valence-electron chi connectivity index (χ3n) is 4.29. The van der Waals surface area contributed by atoms with Crippen molar-refractivity contribution in [3.63, 3.8) is 0 Å². The maximum atomic E-state index is 6.20. The molecule has 4 rings (SSSR count). The zero-order valence-corrected chi connectivity index (χ0v) is 16.6. The minimum atomic E-state index is 0.406. The average molecular weight is 403 g/mol. The number of nitrogens with zero attached hydrogens (tertiary/aromatic N) is 3. The summed E-state index contributed by atoms with van der Waals surface area (Å²) in [4.78, 5) is 9.24. The van der Waals surface area contributed by atoms with Gasteiger partial charge in [-0.25, -0.2) is 15.4 Å². The highest BCUT2D eigenvalue weighted by atomic mass is 35.5. The molecule has 5 nitrogen and oxygen atoms in total. The van der Waals surface area contributed by atoms with Gasteiger partial charge in [0.2, 0.25) is 5.95 Å². The summed E-state index contributed by atoms with van der Waals surface area (Å²) in [6.07, 6.45) is 1.70. The van der Waals surface area contributed by atoms with Gasteiger partial charge in [0.25, 0.3) is 0 Å². The van der Waals surface area contributed by atoms with Crippen molar-refractivity contribution >= 4 is 34.7 Å². The van der Waals surface area contributed by atoms with E-state index >= 15 is 0 Å². The van der Waals surface area contributed by atoms with Crippen molar-refractivity contribution in [1.82, 2.24) is 9.97 Å². The minimum Gasteiger partial charge on any atom is -0.493 e. The Labute approximate surface area is 174 Å². The molecule has 0 saturated carbocycles. The molecule has 0 aliphatic heterocycles. The summed E-state index contributed by atoms with van der Waals surface area (Å²) in [5.41, 5.74) is 6.38. The lowest BCUT2D eigenvalue weighted by Crippen LogP contribution is -2.01. The van der Waals surface area contributed by atoms with Gasteiger partial charge in [0, 0.05) is 21.5 Å². The number of nitrogens with one attached hydrogen (secondary N) is 1. The van der Waals surface area contributed by atoms with Gasteiger partial charge < -0.3 is 4.74 Å². The van der Waals surface area contributed by atoms with Crippen LogP contribution in [0.15, 0.2) is 77.9 Å². The van der Waals surface area contributed by atoms with E-state index < -0.39 is 0 Å². The second-order valence-corrected chi connectivity index (χ2v) is 6.70. The first kappa shape index (κ1) is 18.9. The Balaban J connectivity index is 1.69. The lowest BCUT2D eigenvalue weighted by Gasteiger charge is -2.09. The number of halogens is 1.